The molecule has 1 aromatic heterocycles. The quantitative estimate of drug-likeness (QED) is 0.681. The van der Waals surface area contributed by atoms with Crippen LogP contribution in [0, 0.1) is 13.8 Å². The van der Waals surface area contributed by atoms with Crippen LogP contribution in [0.1, 0.15) is 28.5 Å². The number of carbonyl (C=O) groups is 1. The lowest BCUT2D eigenvalue weighted by molar-refractivity contribution is 0.0735. The highest BCUT2D eigenvalue weighted by Crippen LogP contribution is 2.24. The minimum absolute atomic E-state index is 0.119. The molecule has 0 saturated carbocycles. The lowest BCUT2D eigenvalue weighted by Crippen LogP contribution is -2.49. The van der Waals surface area contributed by atoms with Crippen molar-refractivity contribution in [1.29, 1.82) is 0 Å². The largest absolute Gasteiger partial charge is 0.476 e. The summed E-state index contributed by atoms with van der Waals surface area (Å²) < 4.78 is 5.64. The van der Waals surface area contributed by atoms with E-state index in [4.69, 9.17) is 4.74 Å². The number of rotatable bonds is 4. The molecule has 1 aliphatic rings. The van der Waals surface area contributed by atoms with Crippen LogP contribution in [0.2, 0.25) is 0 Å². The molecule has 1 fully saturated rings. The van der Waals surface area contributed by atoms with Crippen molar-refractivity contribution in [2.45, 2.75) is 20.8 Å². The maximum Gasteiger partial charge on any atom is 0.278 e. The summed E-state index contributed by atoms with van der Waals surface area (Å²) in [6, 6.07) is 14.1. The molecule has 0 aliphatic carbocycles. The minimum atomic E-state index is -0.119. The fraction of sp³-hybridized carbons (Fsp3) is 0.348. The molecule has 1 amide bonds. The number of hydrogen-bond donors (Lipinski definition) is 0. The maximum atomic E-state index is 13.2. The molecule has 1 saturated heterocycles. The van der Waals surface area contributed by atoms with E-state index in [0.29, 0.717) is 36.8 Å². The van der Waals surface area contributed by atoms with Gasteiger partial charge in [0.15, 0.2) is 5.69 Å². The van der Waals surface area contributed by atoms with Gasteiger partial charge in [-0.05, 0) is 44.5 Å². The predicted molar refractivity (Wildman–Crippen MR) is 115 cm³/mol. The fourth-order valence-electron chi connectivity index (χ4n) is 3.82. The van der Waals surface area contributed by atoms with Gasteiger partial charge < -0.3 is 14.5 Å². The molecule has 150 valence electrons. The smallest absolute Gasteiger partial charge is 0.278 e. The summed E-state index contributed by atoms with van der Waals surface area (Å²) in [6.45, 7) is 9.44. The summed E-state index contributed by atoms with van der Waals surface area (Å²) in [4.78, 5) is 26.5. The van der Waals surface area contributed by atoms with Gasteiger partial charge in [-0.3, -0.25) is 4.79 Å². The van der Waals surface area contributed by atoms with Crippen LogP contribution in [0.3, 0.4) is 0 Å². The Kier molecular flexibility index (Phi) is 5.34. The summed E-state index contributed by atoms with van der Waals surface area (Å²) in [5.74, 6) is 0.194. The molecule has 6 heteroatoms. The topological polar surface area (TPSA) is 58.6 Å². The molecule has 0 spiro atoms. The molecule has 3 aromatic rings. The van der Waals surface area contributed by atoms with E-state index in [1.165, 1.54) is 16.8 Å². The van der Waals surface area contributed by atoms with Crippen molar-refractivity contribution >= 4 is 22.6 Å². The number of hydrogen-bond acceptors (Lipinski definition) is 5. The molecule has 6 nitrogen and oxygen atoms in total. The number of carbonyl (C=O) groups excluding carboxylic acids is 1. The van der Waals surface area contributed by atoms with Gasteiger partial charge in [0.25, 0.3) is 5.91 Å². The number of amides is 1. The summed E-state index contributed by atoms with van der Waals surface area (Å²) in [5, 5.41) is 0. The highest BCUT2D eigenvalue weighted by Gasteiger charge is 2.27. The molecule has 0 atom stereocenters. The number of piperazine rings is 1. The summed E-state index contributed by atoms with van der Waals surface area (Å²) in [7, 11) is 0. The molecule has 0 unspecified atom stereocenters. The minimum Gasteiger partial charge on any atom is -0.476 e. The monoisotopic (exact) mass is 390 g/mol. The van der Waals surface area contributed by atoms with Crippen molar-refractivity contribution in [2.24, 2.45) is 0 Å². The van der Waals surface area contributed by atoms with E-state index in [9.17, 15) is 4.79 Å². The third-order valence-corrected chi connectivity index (χ3v) is 5.28. The molecule has 0 bridgehead atoms. The van der Waals surface area contributed by atoms with Gasteiger partial charge >= 0.3 is 0 Å². The van der Waals surface area contributed by atoms with Gasteiger partial charge in [0.1, 0.15) is 0 Å². The number of anilines is 1. The summed E-state index contributed by atoms with van der Waals surface area (Å²) in [5.41, 5.74) is 5.50. The lowest BCUT2D eigenvalue weighted by atomic mass is 10.1. The summed E-state index contributed by atoms with van der Waals surface area (Å²) in [6.07, 6.45) is 0. The number of nitrogens with zero attached hydrogens (tertiary/aromatic N) is 4. The van der Waals surface area contributed by atoms with Gasteiger partial charge in [0.2, 0.25) is 5.88 Å². The van der Waals surface area contributed by atoms with Crippen molar-refractivity contribution in [3.63, 3.8) is 0 Å². The van der Waals surface area contributed by atoms with Crippen molar-refractivity contribution in [2.75, 3.05) is 37.7 Å². The van der Waals surface area contributed by atoms with E-state index in [1.54, 1.807) is 0 Å². The van der Waals surface area contributed by atoms with Gasteiger partial charge in [0, 0.05) is 31.9 Å². The van der Waals surface area contributed by atoms with E-state index in [-0.39, 0.29) is 5.91 Å². The second kappa shape index (κ2) is 8.07. The van der Waals surface area contributed by atoms with Crippen LogP contribution in [-0.4, -0.2) is 53.6 Å². The SMILES string of the molecule is CCOc1nc2ccccc2nc1C(=O)N1CCN(c2ccc(C)cc2C)CC1. The Hall–Kier alpha value is -3.15. The third kappa shape index (κ3) is 3.88. The number of benzene rings is 2. The Labute approximate surface area is 171 Å². The van der Waals surface area contributed by atoms with Crippen LogP contribution in [0.25, 0.3) is 11.0 Å². The van der Waals surface area contributed by atoms with E-state index in [1.807, 2.05) is 36.1 Å². The van der Waals surface area contributed by atoms with Gasteiger partial charge in [-0.25, -0.2) is 9.97 Å². The first-order chi connectivity index (χ1) is 14.1. The molecule has 2 aromatic carbocycles. The van der Waals surface area contributed by atoms with Gasteiger partial charge in [-0.1, -0.05) is 29.8 Å². The Morgan fingerprint density at radius 1 is 1.00 bits per heavy atom. The summed E-state index contributed by atoms with van der Waals surface area (Å²) >= 11 is 0. The zero-order chi connectivity index (χ0) is 20.4. The molecule has 4 rings (SSSR count). The highest BCUT2D eigenvalue weighted by atomic mass is 16.5. The second-order valence-corrected chi connectivity index (χ2v) is 7.37. The van der Waals surface area contributed by atoms with E-state index in [2.05, 4.69) is 46.9 Å². The Morgan fingerprint density at radius 2 is 1.69 bits per heavy atom. The zero-order valence-electron chi connectivity index (χ0n) is 17.2. The van der Waals surface area contributed by atoms with E-state index < -0.39 is 0 Å². The molecule has 29 heavy (non-hydrogen) atoms. The van der Waals surface area contributed by atoms with Crippen molar-refractivity contribution < 1.29 is 9.53 Å². The van der Waals surface area contributed by atoms with Crippen LogP contribution < -0.4 is 9.64 Å². The zero-order valence-corrected chi connectivity index (χ0v) is 17.2. The maximum absolute atomic E-state index is 13.2. The van der Waals surface area contributed by atoms with Crippen LogP contribution in [0.5, 0.6) is 5.88 Å². The Morgan fingerprint density at radius 3 is 2.34 bits per heavy atom. The molecule has 0 N–H and O–H groups in total. The molecule has 2 heterocycles. The van der Waals surface area contributed by atoms with Gasteiger partial charge in [0.05, 0.1) is 17.6 Å². The normalized spacial score (nSPS) is 14.3. The fourth-order valence-corrected chi connectivity index (χ4v) is 3.82. The van der Waals surface area contributed by atoms with E-state index in [0.717, 1.165) is 18.6 Å². The third-order valence-electron chi connectivity index (χ3n) is 5.28. The van der Waals surface area contributed by atoms with Crippen molar-refractivity contribution in [1.82, 2.24) is 14.9 Å². The van der Waals surface area contributed by atoms with Crippen LogP contribution in [-0.2, 0) is 0 Å². The number of fused-ring (bicyclic) bond motifs is 1. The van der Waals surface area contributed by atoms with Crippen LogP contribution >= 0.6 is 0 Å². The van der Waals surface area contributed by atoms with Crippen molar-refractivity contribution in [3.05, 3.63) is 59.3 Å². The first kappa shape index (κ1) is 19.2. The Balaban J connectivity index is 1.54. The average molecular weight is 390 g/mol. The van der Waals surface area contributed by atoms with Crippen LogP contribution in [0.15, 0.2) is 42.5 Å². The molecular formula is C23H26N4O2. The predicted octanol–water partition coefficient (Wildman–Crippen LogP) is 3.61. The Bertz CT molecular complexity index is 1040. The second-order valence-electron chi connectivity index (χ2n) is 7.37. The molecule has 1 aliphatic heterocycles. The standard InChI is InChI=1S/C23H26N4O2/c1-4-29-22-21(24-18-7-5-6-8-19(18)25-22)23(28)27-13-11-26(12-14-27)20-10-9-16(2)15-17(20)3/h5-10,15H,4,11-14H2,1-3H3. The van der Waals surface area contributed by atoms with E-state index >= 15 is 0 Å². The van der Waals surface area contributed by atoms with Gasteiger partial charge in [-0.2, -0.15) is 0 Å². The number of para-hydroxylation sites is 2. The number of ether oxygens (including phenoxy) is 1. The first-order valence-corrected chi connectivity index (χ1v) is 10.1. The van der Waals surface area contributed by atoms with Crippen molar-refractivity contribution in [3.8, 4) is 5.88 Å². The highest BCUT2D eigenvalue weighted by molar-refractivity contribution is 5.96. The first-order valence-electron chi connectivity index (χ1n) is 10.1. The van der Waals surface area contributed by atoms with Gasteiger partial charge in [-0.15, -0.1) is 0 Å². The van der Waals surface area contributed by atoms with Crippen LogP contribution in [0.4, 0.5) is 5.69 Å². The lowest BCUT2D eigenvalue weighted by Gasteiger charge is -2.36. The number of aryl methyl sites for hydroxylation is 2. The number of aromatic nitrogens is 2. The average Bonchev–Trinajstić information content (AvgIpc) is 2.73. The molecular weight excluding hydrogens is 364 g/mol. The molecule has 0 radical (unpaired) electrons.